The molecule has 1 amide bonds. The van der Waals surface area contributed by atoms with Crippen LogP contribution in [0.15, 0.2) is 12.0 Å². The van der Waals surface area contributed by atoms with Crippen LogP contribution in [0.3, 0.4) is 0 Å². The Morgan fingerprint density at radius 1 is 1.77 bits per heavy atom. The first-order valence-electron chi connectivity index (χ1n) is 4.55. The van der Waals surface area contributed by atoms with E-state index in [0.29, 0.717) is 13.0 Å². The summed E-state index contributed by atoms with van der Waals surface area (Å²) in [7, 11) is 0. The number of hydrogen-bond acceptors (Lipinski definition) is 2. The van der Waals surface area contributed by atoms with Gasteiger partial charge in [-0.2, -0.15) is 4.39 Å². The second kappa shape index (κ2) is 4.84. The van der Waals surface area contributed by atoms with Crippen molar-refractivity contribution >= 4 is 6.09 Å². The summed E-state index contributed by atoms with van der Waals surface area (Å²) in [5.41, 5.74) is 0. The van der Waals surface area contributed by atoms with Crippen LogP contribution in [0, 0.1) is 0 Å². The summed E-state index contributed by atoms with van der Waals surface area (Å²) in [6.07, 6.45) is 3.50. The molecule has 4 heteroatoms. The van der Waals surface area contributed by atoms with Gasteiger partial charge in [-0.3, -0.25) is 4.90 Å². The number of cyclic esters (lactones) is 1. The van der Waals surface area contributed by atoms with Gasteiger partial charge in [0, 0.05) is 0 Å². The number of carbonyl (C=O) groups is 1. The van der Waals surface area contributed by atoms with Crippen LogP contribution < -0.4 is 0 Å². The van der Waals surface area contributed by atoms with Gasteiger partial charge < -0.3 is 4.74 Å². The molecule has 0 aliphatic carbocycles. The average molecular weight is 187 g/mol. The molecule has 0 aromatic carbocycles. The van der Waals surface area contributed by atoms with Crippen molar-refractivity contribution < 1.29 is 13.9 Å². The van der Waals surface area contributed by atoms with Gasteiger partial charge in [0.1, 0.15) is 6.61 Å². The van der Waals surface area contributed by atoms with E-state index in [1.165, 1.54) is 6.08 Å². The molecular formula is C9H14FNO2. The molecule has 0 bridgehead atoms. The molecule has 0 aromatic rings. The molecule has 1 heterocycles. The molecule has 0 radical (unpaired) electrons. The third kappa shape index (κ3) is 2.72. The number of amides is 1. The van der Waals surface area contributed by atoms with E-state index in [9.17, 15) is 9.18 Å². The fourth-order valence-corrected chi connectivity index (χ4v) is 1.12. The SMILES string of the molecule is CCCC/C=C(\F)N1CCOC1=O. The lowest BCUT2D eigenvalue weighted by atomic mass is 10.2. The maximum Gasteiger partial charge on any atom is 0.416 e. The summed E-state index contributed by atoms with van der Waals surface area (Å²) in [5.74, 6) is -0.476. The number of nitrogens with zero attached hydrogens (tertiary/aromatic N) is 1. The third-order valence-electron chi connectivity index (χ3n) is 1.89. The van der Waals surface area contributed by atoms with Crippen LogP contribution in [0.25, 0.3) is 0 Å². The Bertz CT molecular complexity index is 216. The quantitative estimate of drug-likeness (QED) is 0.499. The number of allylic oxidation sites excluding steroid dienone is 1. The van der Waals surface area contributed by atoms with Crippen molar-refractivity contribution in [3.05, 3.63) is 12.0 Å². The minimum Gasteiger partial charge on any atom is -0.447 e. The van der Waals surface area contributed by atoms with Crippen LogP contribution in [0.2, 0.25) is 0 Å². The van der Waals surface area contributed by atoms with Crippen LogP contribution in [0.4, 0.5) is 9.18 Å². The molecule has 0 unspecified atom stereocenters. The van der Waals surface area contributed by atoms with Crippen LogP contribution in [-0.4, -0.2) is 24.1 Å². The minimum atomic E-state index is -0.578. The van der Waals surface area contributed by atoms with Crippen molar-refractivity contribution in [1.29, 1.82) is 0 Å². The van der Waals surface area contributed by atoms with Gasteiger partial charge in [0.05, 0.1) is 6.54 Å². The molecule has 0 aromatic heterocycles. The highest BCUT2D eigenvalue weighted by molar-refractivity contribution is 5.71. The second-order valence-electron chi connectivity index (χ2n) is 2.94. The Morgan fingerprint density at radius 2 is 2.54 bits per heavy atom. The normalized spacial score (nSPS) is 17.8. The minimum absolute atomic E-state index is 0.286. The first-order chi connectivity index (χ1) is 6.25. The monoisotopic (exact) mass is 187 g/mol. The summed E-state index contributed by atoms with van der Waals surface area (Å²) < 4.78 is 17.8. The zero-order chi connectivity index (χ0) is 9.68. The van der Waals surface area contributed by atoms with E-state index < -0.39 is 12.0 Å². The van der Waals surface area contributed by atoms with E-state index in [4.69, 9.17) is 0 Å². The molecule has 3 nitrogen and oxygen atoms in total. The van der Waals surface area contributed by atoms with Crippen molar-refractivity contribution in [1.82, 2.24) is 4.90 Å². The molecular weight excluding hydrogens is 173 g/mol. The predicted molar refractivity (Wildman–Crippen MR) is 46.8 cm³/mol. The van der Waals surface area contributed by atoms with Gasteiger partial charge in [-0.05, 0) is 18.9 Å². The molecule has 74 valence electrons. The van der Waals surface area contributed by atoms with Gasteiger partial charge in [-0.25, -0.2) is 4.79 Å². The molecule has 0 spiro atoms. The molecule has 0 saturated carbocycles. The smallest absolute Gasteiger partial charge is 0.416 e. The molecule has 1 aliphatic heterocycles. The average Bonchev–Trinajstić information content (AvgIpc) is 2.52. The summed E-state index contributed by atoms with van der Waals surface area (Å²) in [4.78, 5) is 11.9. The first kappa shape index (κ1) is 10.0. The highest BCUT2D eigenvalue weighted by atomic mass is 19.1. The summed E-state index contributed by atoms with van der Waals surface area (Å²) in [5, 5.41) is 0. The Balaban J connectivity index is 2.41. The lowest BCUT2D eigenvalue weighted by Gasteiger charge is -2.08. The number of halogens is 1. The van der Waals surface area contributed by atoms with Gasteiger partial charge in [-0.15, -0.1) is 0 Å². The summed E-state index contributed by atoms with van der Waals surface area (Å²) in [6, 6.07) is 0. The number of unbranched alkanes of at least 4 members (excludes halogenated alkanes) is 2. The van der Waals surface area contributed by atoms with Gasteiger partial charge >= 0.3 is 6.09 Å². The van der Waals surface area contributed by atoms with Gasteiger partial charge in [0.15, 0.2) is 5.95 Å². The summed E-state index contributed by atoms with van der Waals surface area (Å²) in [6.45, 7) is 2.65. The molecule has 1 saturated heterocycles. The number of ether oxygens (including phenoxy) is 1. The van der Waals surface area contributed by atoms with Gasteiger partial charge in [0.25, 0.3) is 0 Å². The van der Waals surface area contributed by atoms with Gasteiger partial charge in [-0.1, -0.05) is 13.3 Å². The molecule has 0 N–H and O–H groups in total. The van der Waals surface area contributed by atoms with Crippen LogP contribution in [-0.2, 0) is 4.74 Å². The Kier molecular flexibility index (Phi) is 3.73. The number of hydrogen-bond donors (Lipinski definition) is 0. The van der Waals surface area contributed by atoms with E-state index in [-0.39, 0.29) is 6.61 Å². The topological polar surface area (TPSA) is 29.5 Å². The molecule has 0 atom stereocenters. The van der Waals surface area contributed by atoms with Crippen LogP contribution in [0.1, 0.15) is 26.2 Å². The van der Waals surface area contributed by atoms with Gasteiger partial charge in [0.2, 0.25) is 0 Å². The van der Waals surface area contributed by atoms with Crippen LogP contribution >= 0.6 is 0 Å². The zero-order valence-corrected chi connectivity index (χ0v) is 7.75. The number of rotatable bonds is 4. The van der Waals surface area contributed by atoms with E-state index in [0.717, 1.165) is 17.7 Å². The first-order valence-corrected chi connectivity index (χ1v) is 4.55. The third-order valence-corrected chi connectivity index (χ3v) is 1.89. The molecule has 1 fully saturated rings. The highest BCUT2D eigenvalue weighted by Crippen LogP contribution is 2.14. The van der Waals surface area contributed by atoms with Crippen molar-refractivity contribution in [2.45, 2.75) is 26.2 Å². The summed E-state index contributed by atoms with van der Waals surface area (Å²) >= 11 is 0. The van der Waals surface area contributed by atoms with Crippen molar-refractivity contribution in [2.24, 2.45) is 0 Å². The predicted octanol–water partition coefficient (Wildman–Crippen LogP) is 2.44. The van der Waals surface area contributed by atoms with E-state index in [2.05, 4.69) is 4.74 Å². The van der Waals surface area contributed by atoms with E-state index in [1.807, 2.05) is 6.92 Å². The number of carbonyl (C=O) groups excluding carboxylic acids is 1. The second-order valence-corrected chi connectivity index (χ2v) is 2.94. The Labute approximate surface area is 77.2 Å². The lowest BCUT2D eigenvalue weighted by molar-refractivity contribution is 0.159. The van der Waals surface area contributed by atoms with Crippen molar-refractivity contribution in [3.8, 4) is 0 Å². The lowest BCUT2D eigenvalue weighted by Crippen LogP contribution is -2.21. The maximum absolute atomic E-state index is 13.2. The Hall–Kier alpha value is -1.06. The van der Waals surface area contributed by atoms with Crippen molar-refractivity contribution in [2.75, 3.05) is 13.2 Å². The Morgan fingerprint density at radius 3 is 3.08 bits per heavy atom. The highest BCUT2D eigenvalue weighted by Gasteiger charge is 2.25. The standard InChI is InChI=1S/C9H14FNO2/c1-2-3-4-5-8(10)11-6-7-13-9(11)12/h5H,2-4,6-7H2,1H3/b8-5+. The molecule has 1 aliphatic rings. The molecule has 1 rings (SSSR count). The van der Waals surface area contributed by atoms with Crippen molar-refractivity contribution in [3.63, 3.8) is 0 Å². The fourth-order valence-electron chi connectivity index (χ4n) is 1.12. The largest absolute Gasteiger partial charge is 0.447 e. The zero-order valence-electron chi connectivity index (χ0n) is 7.75. The van der Waals surface area contributed by atoms with Crippen LogP contribution in [0.5, 0.6) is 0 Å². The van der Waals surface area contributed by atoms with E-state index >= 15 is 0 Å². The molecule has 13 heavy (non-hydrogen) atoms. The fraction of sp³-hybridized carbons (Fsp3) is 0.667. The van der Waals surface area contributed by atoms with E-state index in [1.54, 1.807) is 0 Å². The maximum atomic E-state index is 13.2.